The lowest BCUT2D eigenvalue weighted by Gasteiger charge is -1.89. The number of rotatable bonds is 2. The molecule has 1 aliphatic carbocycles. The van der Waals surface area contributed by atoms with Crippen LogP contribution in [-0.2, 0) is 0 Å². The van der Waals surface area contributed by atoms with Crippen molar-refractivity contribution in [1.82, 2.24) is 14.8 Å². The number of hydrogen-bond acceptors (Lipinski definition) is 5. The van der Waals surface area contributed by atoms with Crippen molar-refractivity contribution in [3.63, 3.8) is 0 Å². The summed E-state index contributed by atoms with van der Waals surface area (Å²) in [5.74, 6) is 5.86. The molecule has 1 saturated carbocycles. The van der Waals surface area contributed by atoms with E-state index in [4.69, 9.17) is 5.84 Å². The Kier molecular flexibility index (Phi) is 1.78. The quantitative estimate of drug-likeness (QED) is 0.385. The van der Waals surface area contributed by atoms with Gasteiger partial charge in [-0.05, 0) is 24.4 Å². The Morgan fingerprint density at radius 2 is 2.42 bits per heavy atom. The first-order valence-corrected chi connectivity index (χ1v) is 4.43. The normalized spacial score (nSPS) is 16.1. The van der Waals surface area contributed by atoms with Gasteiger partial charge < -0.3 is 0 Å². The Hall–Kier alpha value is -1.01. The van der Waals surface area contributed by atoms with Crippen molar-refractivity contribution >= 4 is 17.4 Å². The molecule has 1 aliphatic rings. The highest BCUT2D eigenvalue weighted by molar-refractivity contribution is 7.07. The average molecular weight is 184 g/mol. The molecule has 0 aliphatic heterocycles. The van der Waals surface area contributed by atoms with Crippen LogP contribution in [-0.4, -0.2) is 15.3 Å². The predicted octanol–water partition coefficient (Wildman–Crippen LogP) is 0.0190. The van der Waals surface area contributed by atoms with Crippen molar-refractivity contribution in [2.24, 2.45) is 5.84 Å². The van der Waals surface area contributed by atoms with Gasteiger partial charge in [-0.15, -0.1) is 0 Å². The highest BCUT2D eigenvalue weighted by Gasteiger charge is 2.28. The molecule has 0 atom stereocenters. The average Bonchev–Trinajstić information content (AvgIpc) is 2.83. The van der Waals surface area contributed by atoms with Crippen LogP contribution in [0.4, 0.5) is 0 Å². The molecule has 0 bridgehead atoms. The smallest absolute Gasteiger partial charge is 0.288 e. The molecule has 64 valence electrons. The van der Waals surface area contributed by atoms with Crippen molar-refractivity contribution in [2.75, 3.05) is 0 Å². The molecule has 1 aromatic heterocycles. The van der Waals surface area contributed by atoms with Gasteiger partial charge in [-0.25, -0.2) is 10.8 Å². The SMILES string of the molecule is NNC(=O)c1nc(C2CC2)ns1. The zero-order chi connectivity index (χ0) is 8.55. The van der Waals surface area contributed by atoms with E-state index in [-0.39, 0.29) is 5.91 Å². The van der Waals surface area contributed by atoms with Crippen LogP contribution < -0.4 is 11.3 Å². The summed E-state index contributed by atoms with van der Waals surface area (Å²) in [6.45, 7) is 0. The molecule has 1 aromatic rings. The zero-order valence-corrected chi connectivity index (χ0v) is 7.10. The Bertz CT molecular complexity index is 306. The van der Waals surface area contributed by atoms with E-state index < -0.39 is 0 Å². The molecule has 5 nitrogen and oxygen atoms in total. The van der Waals surface area contributed by atoms with Gasteiger partial charge in [0.15, 0.2) is 0 Å². The van der Waals surface area contributed by atoms with E-state index in [0.717, 1.165) is 30.2 Å². The van der Waals surface area contributed by atoms with Gasteiger partial charge in [0.05, 0.1) is 0 Å². The topological polar surface area (TPSA) is 80.9 Å². The minimum absolute atomic E-state index is 0.347. The first kappa shape index (κ1) is 7.63. The minimum atomic E-state index is -0.362. The molecule has 1 amide bonds. The fourth-order valence-corrected chi connectivity index (χ4v) is 1.54. The standard InChI is InChI=1S/C6H8N4OS/c7-9-5(11)6-8-4(10-12-6)3-1-2-3/h3H,1-2,7H2,(H,9,11). The van der Waals surface area contributed by atoms with E-state index in [9.17, 15) is 4.79 Å². The Balaban J connectivity index is 2.17. The van der Waals surface area contributed by atoms with Gasteiger partial charge in [-0.3, -0.25) is 10.2 Å². The predicted molar refractivity (Wildman–Crippen MR) is 43.5 cm³/mol. The van der Waals surface area contributed by atoms with E-state index in [2.05, 4.69) is 9.36 Å². The number of amides is 1. The maximum Gasteiger partial charge on any atom is 0.295 e. The molecular formula is C6H8N4OS. The molecule has 0 unspecified atom stereocenters. The second-order valence-electron chi connectivity index (χ2n) is 2.71. The van der Waals surface area contributed by atoms with Gasteiger partial charge >= 0.3 is 0 Å². The summed E-state index contributed by atoms with van der Waals surface area (Å²) in [6.07, 6.45) is 2.28. The number of nitrogens with one attached hydrogen (secondary N) is 1. The van der Waals surface area contributed by atoms with E-state index in [0.29, 0.717) is 10.9 Å². The molecule has 1 fully saturated rings. The Morgan fingerprint density at radius 3 is 3.00 bits per heavy atom. The van der Waals surface area contributed by atoms with E-state index >= 15 is 0 Å². The fourth-order valence-electron chi connectivity index (χ4n) is 0.896. The molecule has 6 heteroatoms. The molecule has 1 heterocycles. The monoisotopic (exact) mass is 184 g/mol. The highest BCUT2D eigenvalue weighted by Crippen LogP contribution is 2.38. The number of hydrogen-bond donors (Lipinski definition) is 2. The molecule has 0 aromatic carbocycles. The van der Waals surface area contributed by atoms with Gasteiger partial charge in [0, 0.05) is 5.92 Å². The molecule has 0 spiro atoms. The van der Waals surface area contributed by atoms with Crippen LogP contribution in [0.3, 0.4) is 0 Å². The van der Waals surface area contributed by atoms with Gasteiger partial charge in [0.1, 0.15) is 5.82 Å². The third kappa shape index (κ3) is 1.30. The van der Waals surface area contributed by atoms with Crippen LogP contribution >= 0.6 is 11.5 Å². The first-order valence-electron chi connectivity index (χ1n) is 3.66. The summed E-state index contributed by atoms with van der Waals surface area (Å²) >= 11 is 1.10. The van der Waals surface area contributed by atoms with Gasteiger partial charge in [-0.2, -0.15) is 4.37 Å². The van der Waals surface area contributed by atoms with Crippen molar-refractivity contribution in [3.8, 4) is 0 Å². The number of hydrazine groups is 1. The maximum absolute atomic E-state index is 10.9. The van der Waals surface area contributed by atoms with Crippen molar-refractivity contribution in [3.05, 3.63) is 10.8 Å². The lowest BCUT2D eigenvalue weighted by Crippen LogP contribution is -2.29. The second kappa shape index (κ2) is 2.80. The third-order valence-electron chi connectivity index (χ3n) is 1.71. The summed E-state index contributed by atoms with van der Waals surface area (Å²) in [6, 6.07) is 0. The minimum Gasteiger partial charge on any atom is -0.288 e. The first-order chi connectivity index (χ1) is 5.81. The van der Waals surface area contributed by atoms with Gasteiger partial charge in [0.25, 0.3) is 5.91 Å². The molecule has 0 radical (unpaired) electrons. The van der Waals surface area contributed by atoms with Crippen LogP contribution in [0.15, 0.2) is 0 Å². The van der Waals surface area contributed by atoms with E-state index in [1.807, 2.05) is 5.43 Å². The van der Waals surface area contributed by atoms with Crippen LogP contribution in [0.2, 0.25) is 0 Å². The summed E-state index contributed by atoms with van der Waals surface area (Å²) in [7, 11) is 0. The zero-order valence-electron chi connectivity index (χ0n) is 6.28. The molecular weight excluding hydrogens is 176 g/mol. The number of carbonyl (C=O) groups is 1. The van der Waals surface area contributed by atoms with Crippen molar-refractivity contribution in [1.29, 1.82) is 0 Å². The number of aromatic nitrogens is 2. The molecule has 2 rings (SSSR count). The molecule has 3 N–H and O–H groups in total. The summed E-state index contributed by atoms with van der Waals surface area (Å²) in [5, 5.41) is 0.347. The van der Waals surface area contributed by atoms with E-state index in [1.54, 1.807) is 0 Å². The number of nitrogens with zero attached hydrogens (tertiary/aromatic N) is 2. The highest BCUT2D eigenvalue weighted by atomic mass is 32.1. The lowest BCUT2D eigenvalue weighted by molar-refractivity contribution is 0.0953. The van der Waals surface area contributed by atoms with Crippen LogP contribution in [0.25, 0.3) is 0 Å². The van der Waals surface area contributed by atoms with Crippen molar-refractivity contribution < 1.29 is 4.79 Å². The fraction of sp³-hybridized carbons (Fsp3) is 0.500. The number of nitrogen functional groups attached to an aromatic ring is 1. The van der Waals surface area contributed by atoms with Crippen LogP contribution in [0.5, 0.6) is 0 Å². The van der Waals surface area contributed by atoms with E-state index in [1.165, 1.54) is 0 Å². The number of nitrogens with two attached hydrogens (primary N) is 1. The summed E-state index contributed by atoms with van der Waals surface area (Å²) in [5.41, 5.74) is 2.02. The Labute approximate surface area is 73.1 Å². The van der Waals surface area contributed by atoms with Crippen molar-refractivity contribution in [2.45, 2.75) is 18.8 Å². The largest absolute Gasteiger partial charge is 0.295 e. The summed E-state index contributed by atoms with van der Waals surface area (Å²) < 4.78 is 4.06. The molecule has 0 saturated heterocycles. The second-order valence-corrected chi connectivity index (χ2v) is 3.46. The Morgan fingerprint density at radius 1 is 1.67 bits per heavy atom. The molecule has 12 heavy (non-hydrogen) atoms. The van der Waals surface area contributed by atoms with Crippen LogP contribution in [0.1, 0.15) is 34.4 Å². The number of carbonyl (C=O) groups excluding carboxylic acids is 1. The van der Waals surface area contributed by atoms with Gasteiger partial charge in [-0.1, -0.05) is 0 Å². The van der Waals surface area contributed by atoms with Gasteiger partial charge in [0.2, 0.25) is 5.01 Å². The lowest BCUT2D eigenvalue weighted by atomic mass is 10.4. The maximum atomic E-state index is 10.9. The third-order valence-corrected chi connectivity index (χ3v) is 2.44. The summed E-state index contributed by atoms with van der Waals surface area (Å²) in [4.78, 5) is 15.0. The van der Waals surface area contributed by atoms with Crippen LogP contribution in [0, 0.1) is 0 Å².